The van der Waals surface area contributed by atoms with Gasteiger partial charge in [0.05, 0.1) is 39.2 Å². The summed E-state index contributed by atoms with van der Waals surface area (Å²) in [4.78, 5) is 33.5. The van der Waals surface area contributed by atoms with E-state index < -0.39 is 5.82 Å². The topological polar surface area (TPSA) is 96.1 Å². The SMILES string of the molecule is COc1ccc(COC[C@H]2c3[nH]c4cc(OC)ccc4c3C3(CCN(C(=O)Nc4ccccc4F)CC3)CN2C(C)=O)cc1. The third-order valence-corrected chi connectivity index (χ3v) is 8.98. The van der Waals surface area contributed by atoms with E-state index in [4.69, 9.17) is 14.2 Å². The predicted molar refractivity (Wildman–Crippen MR) is 166 cm³/mol. The van der Waals surface area contributed by atoms with Crippen molar-refractivity contribution in [1.82, 2.24) is 14.8 Å². The number of methoxy groups -OCH3 is 2. The van der Waals surface area contributed by atoms with Crippen molar-refractivity contribution in [3.8, 4) is 11.5 Å². The number of nitrogens with one attached hydrogen (secondary N) is 2. The van der Waals surface area contributed by atoms with Crippen molar-refractivity contribution in [2.45, 2.75) is 37.8 Å². The van der Waals surface area contributed by atoms with Gasteiger partial charge in [-0.15, -0.1) is 0 Å². The molecule has 230 valence electrons. The van der Waals surface area contributed by atoms with Gasteiger partial charge < -0.3 is 34.3 Å². The Kier molecular flexibility index (Phi) is 8.18. The Balaban J connectivity index is 1.29. The molecule has 0 saturated carbocycles. The zero-order valence-electron chi connectivity index (χ0n) is 25.2. The molecule has 1 fully saturated rings. The van der Waals surface area contributed by atoms with Gasteiger partial charge in [0.25, 0.3) is 0 Å². The van der Waals surface area contributed by atoms with E-state index >= 15 is 0 Å². The minimum Gasteiger partial charge on any atom is -0.497 e. The largest absolute Gasteiger partial charge is 0.497 e. The number of carbonyl (C=O) groups excluding carboxylic acids is 2. The molecule has 2 aliphatic heterocycles. The lowest BCUT2D eigenvalue weighted by molar-refractivity contribution is -0.135. The highest BCUT2D eigenvalue weighted by Crippen LogP contribution is 2.49. The van der Waals surface area contributed by atoms with Crippen LogP contribution in [0.5, 0.6) is 11.5 Å². The van der Waals surface area contributed by atoms with Crippen LogP contribution in [-0.4, -0.2) is 67.2 Å². The van der Waals surface area contributed by atoms with Crippen molar-refractivity contribution in [3.05, 3.63) is 89.4 Å². The average Bonchev–Trinajstić information content (AvgIpc) is 3.43. The van der Waals surface area contributed by atoms with Gasteiger partial charge in [0.1, 0.15) is 17.3 Å². The second-order valence-corrected chi connectivity index (χ2v) is 11.5. The van der Waals surface area contributed by atoms with Crippen LogP contribution in [0.15, 0.2) is 66.7 Å². The van der Waals surface area contributed by atoms with E-state index in [1.165, 1.54) is 11.6 Å². The molecule has 0 radical (unpaired) electrons. The molecular formula is C34H37FN4O5. The highest BCUT2D eigenvalue weighted by molar-refractivity contribution is 5.90. The summed E-state index contributed by atoms with van der Waals surface area (Å²) < 4.78 is 31.2. The van der Waals surface area contributed by atoms with E-state index in [0.717, 1.165) is 33.7 Å². The number of halogens is 1. The van der Waals surface area contributed by atoms with E-state index in [-0.39, 0.29) is 29.1 Å². The molecule has 0 aliphatic carbocycles. The summed E-state index contributed by atoms with van der Waals surface area (Å²) in [6.07, 6.45) is 1.29. The number of ether oxygens (including phenoxy) is 3. The number of amides is 3. The zero-order chi connectivity index (χ0) is 30.8. The van der Waals surface area contributed by atoms with Crippen LogP contribution in [0.1, 0.15) is 42.6 Å². The van der Waals surface area contributed by atoms with Crippen LogP contribution in [0.4, 0.5) is 14.9 Å². The third kappa shape index (κ3) is 5.57. The number of carbonyl (C=O) groups is 2. The highest BCUT2D eigenvalue weighted by Gasteiger charge is 2.48. The number of anilines is 1. The number of para-hydroxylation sites is 1. The van der Waals surface area contributed by atoms with Crippen molar-refractivity contribution in [2.75, 3.05) is 45.8 Å². The molecule has 6 rings (SSSR count). The first-order valence-corrected chi connectivity index (χ1v) is 14.8. The normalized spacial score (nSPS) is 17.4. The van der Waals surface area contributed by atoms with Crippen LogP contribution in [0.3, 0.4) is 0 Å². The maximum atomic E-state index is 14.2. The predicted octanol–water partition coefficient (Wildman–Crippen LogP) is 6.01. The number of fused-ring (bicyclic) bond motifs is 4. The average molecular weight is 601 g/mol. The Bertz CT molecular complexity index is 1660. The van der Waals surface area contributed by atoms with E-state index in [2.05, 4.69) is 16.4 Å². The molecule has 9 nitrogen and oxygen atoms in total. The summed E-state index contributed by atoms with van der Waals surface area (Å²) in [7, 11) is 3.27. The number of urea groups is 1. The second-order valence-electron chi connectivity index (χ2n) is 11.5. The molecule has 3 heterocycles. The van der Waals surface area contributed by atoms with Crippen LogP contribution in [0.25, 0.3) is 10.9 Å². The number of likely N-dealkylation sites (tertiary alicyclic amines) is 1. The first-order chi connectivity index (χ1) is 21.3. The first-order valence-electron chi connectivity index (χ1n) is 14.8. The molecule has 10 heteroatoms. The van der Waals surface area contributed by atoms with E-state index in [0.29, 0.717) is 45.7 Å². The van der Waals surface area contributed by atoms with Crippen LogP contribution >= 0.6 is 0 Å². The van der Waals surface area contributed by atoms with Crippen molar-refractivity contribution < 1.29 is 28.2 Å². The Hall–Kier alpha value is -4.57. The number of hydrogen-bond donors (Lipinski definition) is 2. The van der Waals surface area contributed by atoms with Gasteiger partial charge in [0.15, 0.2) is 0 Å². The summed E-state index contributed by atoms with van der Waals surface area (Å²) in [6, 6.07) is 19.2. The van der Waals surface area contributed by atoms with Crippen molar-refractivity contribution in [1.29, 1.82) is 0 Å². The van der Waals surface area contributed by atoms with Gasteiger partial charge in [-0.25, -0.2) is 9.18 Å². The summed E-state index contributed by atoms with van der Waals surface area (Å²) in [5, 5.41) is 3.79. The van der Waals surface area contributed by atoms with Crippen LogP contribution in [0, 0.1) is 5.82 Å². The Morgan fingerprint density at radius 3 is 2.39 bits per heavy atom. The third-order valence-electron chi connectivity index (χ3n) is 8.98. The quantitative estimate of drug-likeness (QED) is 0.271. The van der Waals surface area contributed by atoms with Crippen molar-refractivity contribution >= 4 is 28.5 Å². The molecule has 0 unspecified atom stereocenters. The van der Waals surface area contributed by atoms with Crippen molar-refractivity contribution in [2.24, 2.45) is 0 Å². The molecule has 3 amide bonds. The van der Waals surface area contributed by atoms with Gasteiger partial charge in [0.2, 0.25) is 5.91 Å². The molecule has 2 N–H and O–H groups in total. The number of piperidine rings is 1. The maximum absolute atomic E-state index is 14.2. The molecular weight excluding hydrogens is 563 g/mol. The molecule has 1 aromatic heterocycles. The smallest absolute Gasteiger partial charge is 0.321 e. The van der Waals surface area contributed by atoms with Crippen LogP contribution in [-0.2, 0) is 21.6 Å². The lowest BCUT2D eigenvalue weighted by Crippen LogP contribution is -2.56. The lowest BCUT2D eigenvalue weighted by atomic mass is 9.68. The summed E-state index contributed by atoms with van der Waals surface area (Å²) in [6.45, 7) is 3.74. The van der Waals surface area contributed by atoms with Gasteiger partial charge >= 0.3 is 6.03 Å². The maximum Gasteiger partial charge on any atom is 0.321 e. The minimum atomic E-state index is -0.474. The molecule has 0 bridgehead atoms. The molecule has 1 saturated heterocycles. The van der Waals surface area contributed by atoms with E-state index in [1.54, 1.807) is 44.2 Å². The molecule has 3 aromatic carbocycles. The lowest BCUT2D eigenvalue weighted by Gasteiger charge is -2.50. The number of H-pyrrole nitrogens is 1. The van der Waals surface area contributed by atoms with Crippen molar-refractivity contribution in [3.63, 3.8) is 0 Å². The Labute approximate surface area is 255 Å². The standard InChI is InChI=1S/C34H37FN4O5/c1-22(40)39-21-34(14-16-38(17-15-34)33(41)37-28-7-5-4-6-27(28)35)31-26-13-12-25(43-3)18-29(26)36-32(31)30(39)20-44-19-23-8-10-24(42-2)11-9-23/h4-13,18,30,36H,14-17,19-21H2,1-3H3,(H,37,41)/t30-/m0/s1. The molecule has 4 aromatic rings. The van der Waals surface area contributed by atoms with Crippen LogP contribution < -0.4 is 14.8 Å². The molecule has 2 aliphatic rings. The number of aromatic amines is 1. The fourth-order valence-electron chi connectivity index (χ4n) is 6.63. The number of hydrogen-bond acceptors (Lipinski definition) is 5. The number of aromatic nitrogens is 1. The number of nitrogens with zero attached hydrogens (tertiary/aromatic N) is 2. The minimum absolute atomic E-state index is 0.0379. The summed E-state index contributed by atoms with van der Waals surface area (Å²) in [5.41, 5.74) is 3.83. The number of rotatable bonds is 7. The Morgan fingerprint density at radius 2 is 1.70 bits per heavy atom. The number of benzene rings is 3. The first kappa shape index (κ1) is 29.5. The fraction of sp³-hybridized carbons (Fsp3) is 0.353. The zero-order valence-corrected chi connectivity index (χ0v) is 25.2. The van der Waals surface area contributed by atoms with Gasteiger partial charge in [-0.1, -0.05) is 24.3 Å². The van der Waals surface area contributed by atoms with E-state index in [1.807, 2.05) is 41.3 Å². The van der Waals surface area contributed by atoms with Gasteiger partial charge in [-0.3, -0.25) is 4.79 Å². The summed E-state index contributed by atoms with van der Waals surface area (Å²) >= 11 is 0. The van der Waals surface area contributed by atoms with Gasteiger partial charge in [-0.05, 0) is 60.4 Å². The van der Waals surface area contributed by atoms with E-state index in [9.17, 15) is 14.0 Å². The van der Waals surface area contributed by atoms with Gasteiger partial charge in [0, 0.05) is 54.6 Å². The molecule has 1 atom stereocenters. The second kappa shape index (κ2) is 12.2. The molecule has 1 spiro atoms. The van der Waals surface area contributed by atoms with Crippen LogP contribution in [0.2, 0.25) is 0 Å². The summed E-state index contributed by atoms with van der Waals surface area (Å²) in [5.74, 6) is 1.00. The van der Waals surface area contributed by atoms with Gasteiger partial charge in [-0.2, -0.15) is 0 Å². The Morgan fingerprint density at radius 1 is 1.00 bits per heavy atom. The molecule has 44 heavy (non-hydrogen) atoms. The fourth-order valence-corrected chi connectivity index (χ4v) is 6.63. The highest BCUT2D eigenvalue weighted by atomic mass is 19.1. The monoisotopic (exact) mass is 600 g/mol.